The Labute approximate surface area is 340 Å². The second-order valence-electron chi connectivity index (χ2n) is 12.8. The maximum atomic E-state index is 11.5. The van der Waals surface area contributed by atoms with Crippen LogP contribution >= 0.6 is 0 Å². The molecule has 0 fully saturated rings. The van der Waals surface area contributed by atoms with Crippen LogP contribution in [0.25, 0.3) is 0 Å². The standard InChI is InChI=1S/C17H27NO5.C11H24N2O.C11H20O6.CH2O2/c1-18-8-10-21-12-14-22-13-11-20-9-7-17(19)23-15-16-5-3-2-4-6-16;1-11(2,3)13-8-6-5-7-10(9-14)12-4;1-14-11(13)3-6-16-8-10-17-9-7-15-5-2-4-12;2-1-3/h2-6,18H,7-15H2,1H3;9-10,12-13H,5-8H2,1-4H3;4H,2-3,5-10H2,1H3;1H,(H,2,3). The van der Waals surface area contributed by atoms with Crippen molar-refractivity contribution < 1.29 is 67.0 Å². The van der Waals surface area contributed by atoms with Crippen molar-refractivity contribution >= 4 is 31.0 Å². The maximum Gasteiger partial charge on any atom is 0.308 e. The smallest absolute Gasteiger partial charge is 0.308 e. The fourth-order valence-corrected chi connectivity index (χ4v) is 3.85. The van der Waals surface area contributed by atoms with Crippen LogP contribution in [0.3, 0.4) is 0 Å². The summed E-state index contributed by atoms with van der Waals surface area (Å²) in [5.74, 6) is -0.540. The van der Waals surface area contributed by atoms with E-state index in [0.717, 1.165) is 50.5 Å². The number of unbranched alkanes of at least 4 members (excludes halogenated alkanes) is 1. The molecule has 0 aliphatic rings. The molecule has 0 radical (unpaired) electrons. The van der Waals surface area contributed by atoms with E-state index in [9.17, 15) is 19.2 Å². The molecule has 1 rings (SSSR count). The molecule has 57 heavy (non-hydrogen) atoms. The normalized spacial score (nSPS) is 11.0. The second-order valence-corrected chi connectivity index (χ2v) is 12.8. The predicted molar refractivity (Wildman–Crippen MR) is 216 cm³/mol. The number of carboxylic acid groups (broad SMARTS) is 1. The fraction of sp³-hybridized carbons (Fsp3) is 0.725. The van der Waals surface area contributed by atoms with Gasteiger partial charge >= 0.3 is 11.9 Å². The lowest BCUT2D eigenvalue weighted by Gasteiger charge is -2.20. The van der Waals surface area contributed by atoms with Crippen molar-refractivity contribution in [2.75, 3.05) is 114 Å². The Hall–Kier alpha value is -3.39. The lowest BCUT2D eigenvalue weighted by Crippen LogP contribution is -2.36. The Morgan fingerprint density at radius 1 is 0.702 bits per heavy atom. The van der Waals surface area contributed by atoms with Crippen LogP contribution in [-0.2, 0) is 68.5 Å². The largest absolute Gasteiger partial charge is 0.483 e. The molecule has 0 spiro atoms. The van der Waals surface area contributed by atoms with E-state index in [0.29, 0.717) is 92.3 Å². The zero-order valence-electron chi connectivity index (χ0n) is 35.3. The lowest BCUT2D eigenvalue weighted by molar-refractivity contribution is -0.146. The van der Waals surface area contributed by atoms with Gasteiger partial charge in [0.15, 0.2) is 0 Å². The molecule has 1 aromatic carbocycles. The summed E-state index contributed by atoms with van der Waals surface area (Å²) in [5.41, 5.74) is 1.18. The van der Waals surface area contributed by atoms with Crippen LogP contribution in [0, 0.1) is 0 Å². The van der Waals surface area contributed by atoms with Crippen molar-refractivity contribution in [3.05, 3.63) is 35.9 Å². The summed E-state index contributed by atoms with van der Waals surface area (Å²) in [4.78, 5) is 51.0. The third-order valence-corrected chi connectivity index (χ3v) is 6.87. The number of ether oxygens (including phenoxy) is 8. The van der Waals surface area contributed by atoms with E-state index < -0.39 is 0 Å². The second kappa shape index (κ2) is 47.0. The predicted octanol–water partition coefficient (Wildman–Crippen LogP) is 2.61. The van der Waals surface area contributed by atoms with Crippen molar-refractivity contribution in [1.29, 1.82) is 0 Å². The summed E-state index contributed by atoms with van der Waals surface area (Å²) in [6.45, 7) is 14.1. The zero-order valence-corrected chi connectivity index (χ0v) is 35.3. The number of benzene rings is 1. The molecule has 0 bridgehead atoms. The van der Waals surface area contributed by atoms with Gasteiger partial charge in [0.1, 0.15) is 19.2 Å². The summed E-state index contributed by atoms with van der Waals surface area (Å²) in [5, 5.41) is 16.3. The van der Waals surface area contributed by atoms with E-state index in [4.69, 9.17) is 43.1 Å². The molecule has 1 atom stereocenters. The summed E-state index contributed by atoms with van der Waals surface area (Å²) in [7, 11) is 5.05. The van der Waals surface area contributed by atoms with Gasteiger partial charge in [0.2, 0.25) is 0 Å². The number of rotatable bonds is 33. The monoisotopic (exact) mass is 820 g/mol. The third-order valence-electron chi connectivity index (χ3n) is 6.87. The summed E-state index contributed by atoms with van der Waals surface area (Å²) >= 11 is 0. The molecule has 0 aliphatic carbocycles. The first-order valence-corrected chi connectivity index (χ1v) is 19.3. The van der Waals surface area contributed by atoms with Crippen LogP contribution in [0.5, 0.6) is 0 Å². The molecule has 0 saturated heterocycles. The number of carbonyl (C=O) groups is 5. The number of likely N-dealkylation sites (N-methyl/N-ethyl adjacent to an activating group) is 2. The van der Waals surface area contributed by atoms with Gasteiger partial charge in [-0.25, -0.2) is 0 Å². The Morgan fingerprint density at radius 3 is 1.65 bits per heavy atom. The van der Waals surface area contributed by atoms with Crippen LogP contribution in [0.15, 0.2) is 30.3 Å². The van der Waals surface area contributed by atoms with Gasteiger partial charge in [0.05, 0.1) is 105 Å². The molecule has 0 saturated carbocycles. The highest BCUT2D eigenvalue weighted by Crippen LogP contribution is 2.03. The van der Waals surface area contributed by atoms with Gasteiger partial charge in [-0.05, 0) is 59.8 Å². The summed E-state index contributed by atoms with van der Waals surface area (Å²) < 4.78 is 41.0. The molecule has 332 valence electrons. The van der Waals surface area contributed by atoms with Crippen molar-refractivity contribution in [3.63, 3.8) is 0 Å². The van der Waals surface area contributed by atoms with E-state index in [1.165, 1.54) is 7.11 Å². The van der Waals surface area contributed by atoms with E-state index in [1.807, 2.05) is 44.4 Å². The summed E-state index contributed by atoms with van der Waals surface area (Å²) in [6.07, 6.45) is 5.87. The number of carbonyl (C=O) groups excluding carboxylic acids is 4. The van der Waals surface area contributed by atoms with Crippen LogP contribution in [0.2, 0.25) is 0 Å². The van der Waals surface area contributed by atoms with E-state index in [1.54, 1.807) is 0 Å². The van der Waals surface area contributed by atoms with Crippen molar-refractivity contribution in [2.45, 2.75) is 77.5 Å². The van der Waals surface area contributed by atoms with Gasteiger partial charge in [-0.2, -0.15) is 0 Å². The van der Waals surface area contributed by atoms with Gasteiger partial charge in [-0.1, -0.05) is 36.8 Å². The number of aldehydes is 2. The summed E-state index contributed by atoms with van der Waals surface area (Å²) in [6, 6.07) is 9.63. The molecule has 17 nitrogen and oxygen atoms in total. The van der Waals surface area contributed by atoms with Gasteiger partial charge in [-0.3, -0.25) is 14.4 Å². The lowest BCUT2D eigenvalue weighted by atomic mass is 10.1. The highest BCUT2D eigenvalue weighted by atomic mass is 16.6. The quantitative estimate of drug-likeness (QED) is 0.0456. The molecule has 1 aromatic rings. The number of nitrogens with one attached hydrogen (secondary N) is 3. The minimum Gasteiger partial charge on any atom is -0.483 e. The van der Waals surface area contributed by atoms with Crippen LogP contribution in [0.1, 0.15) is 64.9 Å². The van der Waals surface area contributed by atoms with Gasteiger partial charge in [0, 0.05) is 18.5 Å². The minimum atomic E-state index is -0.283. The first-order valence-electron chi connectivity index (χ1n) is 19.3. The van der Waals surface area contributed by atoms with Crippen LogP contribution in [0.4, 0.5) is 0 Å². The first kappa shape index (κ1) is 57.9. The molecule has 0 aliphatic heterocycles. The molecule has 1 unspecified atom stereocenters. The molecule has 0 amide bonds. The third kappa shape index (κ3) is 52.6. The SMILES string of the molecule is CNC(C=O)CCCCNC(C)(C)C.CNCCOCCOCCOCCC(=O)OCc1ccccc1.COC(=O)CCOCCOCCOCCC=O.O=CO. The van der Waals surface area contributed by atoms with Crippen molar-refractivity contribution in [3.8, 4) is 0 Å². The van der Waals surface area contributed by atoms with Gasteiger partial charge in [0.25, 0.3) is 6.47 Å². The Balaban J connectivity index is -0.000000765. The Morgan fingerprint density at radius 2 is 1.19 bits per heavy atom. The Bertz CT molecular complexity index is 1030. The van der Waals surface area contributed by atoms with E-state index >= 15 is 0 Å². The Kier molecular flexibility index (Phi) is 47.8. The van der Waals surface area contributed by atoms with E-state index in [-0.39, 0.29) is 42.8 Å². The highest BCUT2D eigenvalue weighted by Gasteiger charge is 2.08. The minimum absolute atomic E-state index is 0.0321. The van der Waals surface area contributed by atoms with Gasteiger partial charge in [-0.15, -0.1) is 0 Å². The number of esters is 2. The van der Waals surface area contributed by atoms with Crippen molar-refractivity contribution in [2.24, 2.45) is 0 Å². The topological polar surface area (TPSA) is 216 Å². The fourth-order valence-electron chi connectivity index (χ4n) is 3.85. The molecule has 0 aromatic heterocycles. The van der Waals surface area contributed by atoms with Crippen molar-refractivity contribution in [1.82, 2.24) is 16.0 Å². The molecule has 4 N–H and O–H groups in total. The molecule has 17 heteroatoms. The molecule has 0 heterocycles. The number of methoxy groups -OCH3 is 1. The number of hydrogen-bond donors (Lipinski definition) is 4. The zero-order chi connectivity index (χ0) is 43.1. The molecular weight excluding hydrogens is 746 g/mol. The maximum absolute atomic E-state index is 11.5. The molecular formula is C40H73N3O14. The van der Waals surface area contributed by atoms with Crippen LogP contribution < -0.4 is 16.0 Å². The number of hydrogen-bond acceptors (Lipinski definition) is 16. The van der Waals surface area contributed by atoms with E-state index in [2.05, 4.69) is 41.5 Å². The average molecular weight is 820 g/mol. The van der Waals surface area contributed by atoms with Gasteiger partial charge < -0.3 is 68.5 Å². The van der Waals surface area contributed by atoms with Crippen LogP contribution in [-0.4, -0.2) is 161 Å². The highest BCUT2D eigenvalue weighted by molar-refractivity contribution is 5.69. The average Bonchev–Trinajstić information content (AvgIpc) is 3.20. The first-order chi connectivity index (χ1) is 27.5.